The Bertz CT molecular complexity index is 778. The molecule has 0 fully saturated rings. The molecule has 0 aromatic heterocycles. The first-order valence-corrected chi connectivity index (χ1v) is 9.34. The van der Waals surface area contributed by atoms with Crippen LogP contribution in [-0.4, -0.2) is 38.1 Å². The van der Waals surface area contributed by atoms with Crippen LogP contribution in [-0.2, 0) is 11.2 Å². The zero-order valence-corrected chi connectivity index (χ0v) is 16.3. The van der Waals surface area contributed by atoms with Gasteiger partial charge >= 0.3 is 0 Å². The fourth-order valence-corrected chi connectivity index (χ4v) is 2.49. The van der Waals surface area contributed by atoms with E-state index in [0.29, 0.717) is 37.1 Å². The molecule has 7 heteroatoms. The van der Waals surface area contributed by atoms with Crippen molar-refractivity contribution < 1.29 is 13.9 Å². The molecule has 28 heavy (non-hydrogen) atoms. The first-order chi connectivity index (χ1) is 13.6. The molecule has 0 aliphatic carbocycles. The molecule has 0 aliphatic heterocycles. The average Bonchev–Trinajstić information content (AvgIpc) is 2.66. The van der Waals surface area contributed by atoms with Crippen molar-refractivity contribution in [3.8, 4) is 5.75 Å². The molecule has 1 amide bonds. The molecular formula is C21H27FN4O2. The summed E-state index contributed by atoms with van der Waals surface area (Å²) in [6, 6.07) is 13.7. The lowest BCUT2D eigenvalue weighted by Gasteiger charge is -2.12. The molecule has 2 aromatic carbocycles. The van der Waals surface area contributed by atoms with Crippen LogP contribution in [0.2, 0.25) is 0 Å². The van der Waals surface area contributed by atoms with Crippen LogP contribution in [0, 0.1) is 5.82 Å². The molecule has 0 atom stereocenters. The van der Waals surface area contributed by atoms with E-state index >= 15 is 0 Å². The van der Waals surface area contributed by atoms with Gasteiger partial charge in [0.1, 0.15) is 18.2 Å². The lowest BCUT2D eigenvalue weighted by molar-refractivity contribution is -0.114. The maximum Gasteiger partial charge on any atom is 0.221 e. The predicted octanol–water partition coefficient (Wildman–Crippen LogP) is 2.96. The lowest BCUT2D eigenvalue weighted by Crippen LogP contribution is -2.39. The van der Waals surface area contributed by atoms with Crippen LogP contribution in [0.1, 0.15) is 19.4 Å². The molecule has 3 N–H and O–H groups in total. The van der Waals surface area contributed by atoms with Gasteiger partial charge in [-0.1, -0.05) is 18.2 Å². The van der Waals surface area contributed by atoms with Gasteiger partial charge in [-0.3, -0.25) is 9.79 Å². The van der Waals surface area contributed by atoms with Gasteiger partial charge in [-0.2, -0.15) is 0 Å². The number of nitrogens with one attached hydrogen (secondary N) is 3. The Labute approximate surface area is 165 Å². The van der Waals surface area contributed by atoms with E-state index in [-0.39, 0.29) is 11.7 Å². The lowest BCUT2D eigenvalue weighted by atomic mass is 10.1. The van der Waals surface area contributed by atoms with Gasteiger partial charge in [-0.15, -0.1) is 0 Å². The fraction of sp³-hybridized carbons (Fsp3) is 0.333. The summed E-state index contributed by atoms with van der Waals surface area (Å²) < 4.78 is 18.6. The number of hydrogen-bond donors (Lipinski definition) is 3. The van der Waals surface area contributed by atoms with Gasteiger partial charge < -0.3 is 20.7 Å². The summed E-state index contributed by atoms with van der Waals surface area (Å²) in [5.41, 5.74) is 1.75. The number of benzene rings is 2. The number of aliphatic imine (C=N–C) groups is 1. The largest absolute Gasteiger partial charge is 0.492 e. The Morgan fingerprint density at radius 3 is 2.64 bits per heavy atom. The van der Waals surface area contributed by atoms with E-state index in [1.165, 1.54) is 19.1 Å². The van der Waals surface area contributed by atoms with Crippen molar-refractivity contribution in [2.75, 3.05) is 31.6 Å². The third-order valence-electron chi connectivity index (χ3n) is 3.75. The van der Waals surface area contributed by atoms with Gasteiger partial charge in [-0.05, 0) is 43.2 Å². The molecule has 150 valence electrons. The average molecular weight is 386 g/mol. The number of guanidine groups is 1. The molecule has 0 saturated heterocycles. The predicted molar refractivity (Wildman–Crippen MR) is 110 cm³/mol. The molecule has 2 aromatic rings. The van der Waals surface area contributed by atoms with E-state index in [2.05, 4.69) is 20.9 Å². The summed E-state index contributed by atoms with van der Waals surface area (Å²) in [7, 11) is 0. The van der Waals surface area contributed by atoms with Crippen LogP contribution in [0.3, 0.4) is 0 Å². The highest BCUT2D eigenvalue weighted by molar-refractivity contribution is 5.88. The van der Waals surface area contributed by atoms with E-state index in [4.69, 9.17) is 4.74 Å². The van der Waals surface area contributed by atoms with E-state index in [1.807, 2.05) is 25.1 Å². The van der Waals surface area contributed by atoms with Crippen molar-refractivity contribution in [2.24, 2.45) is 4.99 Å². The van der Waals surface area contributed by atoms with Gasteiger partial charge in [0, 0.05) is 31.8 Å². The summed E-state index contributed by atoms with van der Waals surface area (Å²) in [6.45, 7) is 5.84. The second kappa shape index (κ2) is 11.6. The third-order valence-corrected chi connectivity index (χ3v) is 3.75. The van der Waals surface area contributed by atoms with Gasteiger partial charge in [0.05, 0.1) is 6.54 Å². The first kappa shape index (κ1) is 21.2. The van der Waals surface area contributed by atoms with E-state index < -0.39 is 0 Å². The van der Waals surface area contributed by atoms with Crippen molar-refractivity contribution in [1.82, 2.24) is 10.6 Å². The number of amides is 1. The number of carbonyl (C=O) groups excluding carboxylic acids is 1. The maximum atomic E-state index is 12.9. The standard InChI is InChI=1S/C21H27FN4O2/c1-3-23-21(24-12-11-17-7-9-18(22)10-8-17)25-13-14-28-20-6-4-5-19(15-20)26-16(2)27/h4-10,15H,3,11-14H2,1-2H3,(H,26,27)(H2,23,24,25). The van der Waals surface area contributed by atoms with Crippen LogP contribution in [0.5, 0.6) is 5.75 Å². The Morgan fingerprint density at radius 2 is 1.93 bits per heavy atom. The molecule has 0 bridgehead atoms. The van der Waals surface area contributed by atoms with Gasteiger partial charge in [0.25, 0.3) is 0 Å². The molecule has 0 spiro atoms. The number of carbonyl (C=O) groups is 1. The third kappa shape index (κ3) is 8.07. The van der Waals surface area contributed by atoms with Crippen molar-refractivity contribution in [1.29, 1.82) is 0 Å². The van der Waals surface area contributed by atoms with Crippen LogP contribution in [0.4, 0.5) is 10.1 Å². The van der Waals surface area contributed by atoms with E-state index in [0.717, 1.165) is 18.5 Å². The Morgan fingerprint density at radius 1 is 1.14 bits per heavy atom. The minimum Gasteiger partial charge on any atom is -0.492 e. The number of nitrogens with zero attached hydrogens (tertiary/aromatic N) is 1. The molecule has 0 unspecified atom stereocenters. The smallest absolute Gasteiger partial charge is 0.221 e. The minimum atomic E-state index is -0.232. The molecule has 2 rings (SSSR count). The summed E-state index contributed by atoms with van der Waals surface area (Å²) in [4.78, 5) is 15.6. The SMILES string of the molecule is CCNC(=NCCc1ccc(F)cc1)NCCOc1cccc(NC(C)=O)c1. The molecular weight excluding hydrogens is 359 g/mol. The van der Waals surface area contributed by atoms with Crippen molar-refractivity contribution in [3.63, 3.8) is 0 Å². The van der Waals surface area contributed by atoms with Crippen molar-refractivity contribution in [3.05, 3.63) is 59.9 Å². The highest BCUT2D eigenvalue weighted by Gasteiger charge is 2.01. The van der Waals surface area contributed by atoms with Crippen LogP contribution in [0.25, 0.3) is 0 Å². The molecule has 0 saturated carbocycles. The van der Waals surface area contributed by atoms with Gasteiger partial charge in [0.2, 0.25) is 5.91 Å². The van der Waals surface area contributed by atoms with Crippen LogP contribution >= 0.6 is 0 Å². The zero-order chi connectivity index (χ0) is 20.2. The molecule has 0 radical (unpaired) electrons. The molecule has 6 nitrogen and oxygen atoms in total. The number of hydrogen-bond acceptors (Lipinski definition) is 3. The molecule has 0 heterocycles. The first-order valence-electron chi connectivity index (χ1n) is 9.34. The van der Waals surface area contributed by atoms with Gasteiger partial charge in [0.15, 0.2) is 5.96 Å². The second-order valence-electron chi connectivity index (χ2n) is 6.12. The van der Waals surface area contributed by atoms with Crippen molar-refractivity contribution in [2.45, 2.75) is 20.3 Å². The highest BCUT2D eigenvalue weighted by atomic mass is 19.1. The number of ether oxygens (including phenoxy) is 1. The fourth-order valence-electron chi connectivity index (χ4n) is 2.49. The Hall–Kier alpha value is -3.09. The monoisotopic (exact) mass is 386 g/mol. The topological polar surface area (TPSA) is 74.8 Å². The normalized spacial score (nSPS) is 11.0. The Kier molecular flexibility index (Phi) is 8.78. The number of halogens is 1. The van der Waals surface area contributed by atoms with E-state index in [9.17, 15) is 9.18 Å². The minimum absolute atomic E-state index is 0.119. The van der Waals surface area contributed by atoms with Crippen molar-refractivity contribution >= 4 is 17.6 Å². The van der Waals surface area contributed by atoms with Gasteiger partial charge in [-0.25, -0.2) is 4.39 Å². The summed E-state index contributed by atoms with van der Waals surface area (Å²) in [6.07, 6.45) is 0.739. The maximum absolute atomic E-state index is 12.9. The summed E-state index contributed by atoms with van der Waals surface area (Å²) >= 11 is 0. The second-order valence-corrected chi connectivity index (χ2v) is 6.12. The summed E-state index contributed by atoms with van der Waals surface area (Å²) in [5.74, 6) is 1.04. The zero-order valence-electron chi connectivity index (χ0n) is 16.3. The highest BCUT2D eigenvalue weighted by Crippen LogP contribution is 2.17. The Balaban J connectivity index is 1.76. The summed E-state index contributed by atoms with van der Waals surface area (Å²) in [5, 5.41) is 9.13. The quantitative estimate of drug-likeness (QED) is 0.352. The van der Waals surface area contributed by atoms with Crippen LogP contribution in [0.15, 0.2) is 53.5 Å². The molecule has 0 aliphatic rings. The number of rotatable bonds is 9. The number of anilines is 1. The van der Waals surface area contributed by atoms with E-state index in [1.54, 1.807) is 18.2 Å². The van der Waals surface area contributed by atoms with Crippen LogP contribution < -0.4 is 20.7 Å².